The highest BCUT2D eigenvalue weighted by molar-refractivity contribution is 6.02. The fourth-order valence-corrected chi connectivity index (χ4v) is 3.51. The highest BCUT2D eigenvalue weighted by Crippen LogP contribution is 2.29. The number of benzene rings is 2. The van der Waals surface area contributed by atoms with Crippen LogP contribution in [0.15, 0.2) is 48.5 Å². The molecular weight excluding hydrogens is 390 g/mol. The van der Waals surface area contributed by atoms with Gasteiger partial charge in [-0.15, -0.1) is 0 Å². The van der Waals surface area contributed by atoms with Gasteiger partial charge in [0, 0.05) is 44.5 Å². The monoisotopic (exact) mass is 423 g/mol. The maximum Gasteiger partial charge on any atom is 0.248 e. The van der Waals surface area contributed by atoms with Crippen LogP contribution in [0, 0.1) is 0 Å². The second kappa shape index (κ2) is 11.0. The van der Waals surface area contributed by atoms with Crippen molar-refractivity contribution in [2.24, 2.45) is 0 Å². The minimum Gasteiger partial charge on any atom is -0.493 e. The van der Waals surface area contributed by atoms with Gasteiger partial charge in [-0.05, 0) is 62.4 Å². The fourth-order valence-electron chi connectivity index (χ4n) is 3.51. The van der Waals surface area contributed by atoms with Gasteiger partial charge in [0.1, 0.15) is 0 Å². The molecule has 0 aliphatic carbocycles. The first-order chi connectivity index (χ1) is 14.9. The largest absolute Gasteiger partial charge is 0.493 e. The second-order valence-electron chi connectivity index (χ2n) is 8.18. The smallest absolute Gasteiger partial charge is 0.248 e. The molecule has 166 valence electrons. The Labute approximate surface area is 185 Å². The molecule has 0 spiro atoms. The Kier molecular flexibility index (Phi) is 8.09. The molecule has 6 heteroatoms. The van der Waals surface area contributed by atoms with E-state index in [1.807, 2.05) is 50.2 Å². The molecule has 31 heavy (non-hydrogen) atoms. The van der Waals surface area contributed by atoms with E-state index >= 15 is 0 Å². The predicted molar refractivity (Wildman–Crippen MR) is 126 cm³/mol. The number of carbonyl (C=O) groups is 1. The molecule has 0 aromatic heterocycles. The maximum absolute atomic E-state index is 12.4. The van der Waals surface area contributed by atoms with Gasteiger partial charge in [0.25, 0.3) is 0 Å². The maximum atomic E-state index is 12.4. The number of ether oxygens (including phenoxy) is 2. The Morgan fingerprint density at radius 3 is 2.58 bits per heavy atom. The van der Waals surface area contributed by atoms with E-state index in [2.05, 4.69) is 28.2 Å². The quantitative estimate of drug-likeness (QED) is 0.653. The SMILES string of the molecule is COc1cc(/C=C/C(=O)Nc2cccc(CN3CCN(C)CC3)c2)ccc1OC(C)C. The Hall–Kier alpha value is -2.83. The van der Waals surface area contributed by atoms with Crippen molar-refractivity contribution in [2.45, 2.75) is 26.5 Å². The average molecular weight is 424 g/mol. The first-order valence-electron chi connectivity index (χ1n) is 10.8. The molecule has 0 bridgehead atoms. The van der Waals surface area contributed by atoms with Gasteiger partial charge in [0.2, 0.25) is 5.91 Å². The van der Waals surface area contributed by atoms with Crippen molar-refractivity contribution in [1.29, 1.82) is 0 Å². The van der Waals surface area contributed by atoms with Crippen LogP contribution in [0.3, 0.4) is 0 Å². The lowest BCUT2D eigenvalue weighted by Gasteiger charge is -2.32. The minimum atomic E-state index is -0.168. The molecular formula is C25H33N3O3. The van der Waals surface area contributed by atoms with Crippen LogP contribution in [-0.4, -0.2) is 62.1 Å². The molecule has 2 aromatic carbocycles. The number of rotatable bonds is 8. The van der Waals surface area contributed by atoms with Crippen molar-refractivity contribution in [3.05, 3.63) is 59.7 Å². The standard InChI is InChI=1S/C25H33N3O3/c1-19(2)31-23-10-8-20(17-24(23)30-4)9-11-25(29)26-22-7-5-6-21(16-22)18-28-14-12-27(3)13-15-28/h5-11,16-17,19H,12-15,18H2,1-4H3,(H,26,29)/b11-9+. The Morgan fingerprint density at radius 2 is 1.87 bits per heavy atom. The van der Waals surface area contributed by atoms with Crippen molar-refractivity contribution in [3.8, 4) is 11.5 Å². The zero-order valence-electron chi connectivity index (χ0n) is 18.9. The molecule has 1 amide bonds. The molecule has 0 radical (unpaired) electrons. The van der Waals surface area contributed by atoms with E-state index in [-0.39, 0.29) is 12.0 Å². The van der Waals surface area contributed by atoms with E-state index in [1.165, 1.54) is 11.6 Å². The van der Waals surface area contributed by atoms with Crippen molar-refractivity contribution in [1.82, 2.24) is 9.80 Å². The van der Waals surface area contributed by atoms with Crippen LogP contribution in [0.25, 0.3) is 6.08 Å². The summed E-state index contributed by atoms with van der Waals surface area (Å²) in [5.41, 5.74) is 2.88. The number of methoxy groups -OCH3 is 1. The predicted octanol–water partition coefficient (Wildman–Crippen LogP) is 3.88. The summed E-state index contributed by atoms with van der Waals surface area (Å²) >= 11 is 0. The van der Waals surface area contributed by atoms with Gasteiger partial charge in [-0.1, -0.05) is 18.2 Å². The van der Waals surface area contributed by atoms with Gasteiger partial charge >= 0.3 is 0 Å². The van der Waals surface area contributed by atoms with E-state index in [1.54, 1.807) is 13.2 Å². The molecule has 6 nitrogen and oxygen atoms in total. The van der Waals surface area contributed by atoms with Crippen LogP contribution in [0.1, 0.15) is 25.0 Å². The Balaban J connectivity index is 1.58. The molecule has 1 saturated heterocycles. The number of carbonyl (C=O) groups excluding carboxylic acids is 1. The van der Waals surface area contributed by atoms with Gasteiger partial charge < -0.3 is 19.7 Å². The van der Waals surface area contributed by atoms with Crippen molar-refractivity contribution < 1.29 is 14.3 Å². The third-order valence-corrected chi connectivity index (χ3v) is 5.17. The minimum absolute atomic E-state index is 0.0630. The van der Waals surface area contributed by atoms with Gasteiger partial charge in [-0.3, -0.25) is 9.69 Å². The molecule has 1 aliphatic rings. The number of hydrogen-bond acceptors (Lipinski definition) is 5. The lowest BCUT2D eigenvalue weighted by Crippen LogP contribution is -2.43. The zero-order valence-corrected chi connectivity index (χ0v) is 18.9. The van der Waals surface area contributed by atoms with E-state index in [9.17, 15) is 4.79 Å². The highest BCUT2D eigenvalue weighted by Gasteiger charge is 2.14. The fraction of sp³-hybridized carbons (Fsp3) is 0.400. The summed E-state index contributed by atoms with van der Waals surface area (Å²) in [6.45, 7) is 9.17. The second-order valence-corrected chi connectivity index (χ2v) is 8.18. The van der Waals surface area contributed by atoms with Crippen LogP contribution in [0.5, 0.6) is 11.5 Å². The van der Waals surface area contributed by atoms with E-state index in [0.717, 1.165) is 44.0 Å². The highest BCUT2D eigenvalue weighted by atomic mass is 16.5. The number of anilines is 1. The normalized spacial score (nSPS) is 15.4. The van der Waals surface area contributed by atoms with Gasteiger partial charge in [-0.25, -0.2) is 0 Å². The third kappa shape index (κ3) is 7.12. The number of amides is 1. The lowest BCUT2D eigenvalue weighted by atomic mass is 10.1. The topological polar surface area (TPSA) is 54.0 Å². The first-order valence-corrected chi connectivity index (χ1v) is 10.8. The summed E-state index contributed by atoms with van der Waals surface area (Å²) in [7, 11) is 3.77. The van der Waals surface area contributed by atoms with Gasteiger partial charge in [-0.2, -0.15) is 0 Å². The summed E-state index contributed by atoms with van der Waals surface area (Å²) < 4.78 is 11.1. The summed E-state index contributed by atoms with van der Waals surface area (Å²) in [4.78, 5) is 17.2. The summed E-state index contributed by atoms with van der Waals surface area (Å²) in [6, 6.07) is 13.7. The number of nitrogens with one attached hydrogen (secondary N) is 1. The van der Waals surface area contributed by atoms with E-state index in [4.69, 9.17) is 9.47 Å². The molecule has 2 aromatic rings. The average Bonchev–Trinajstić information content (AvgIpc) is 2.74. The molecule has 1 heterocycles. The van der Waals surface area contributed by atoms with Crippen LogP contribution in [0.4, 0.5) is 5.69 Å². The van der Waals surface area contributed by atoms with Gasteiger partial charge in [0.05, 0.1) is 13.2 Å². The molecule has 1 aliphatic heterocycles. The first kappa shape index (κ1) is 22.8. The molecule has 3 rings (SSSR count). The third-order valence-electron chi connectivity index (χ3n) is 5.17. The number of likely N-dealkylation sites (N-methyl/N-ethyl adjacent to an activating group) is 1. The number of piperazine rings is 1. The molecule has 1 N–H and O–H groups in total. The van der Waals surface area contributed by atoms with Crippen LogP contribution in [-0.2, 0) is 11.3 Å². The van der Waals surface area contributed by atoms with Crippen molar-refractivity contribution in [2.75, 3.05) is 45.7 Å². The summed E-state index contributed by atoms with van der Waals surface area (Å²) in [5, 5.41) is 2.95. The number of hydrogen-bond donors (Lipinski definition) is 1. The van der Waals surface area contributed by atoms with Crippen molar-refractivity contribution >= 4 is 17.7 Å². The molecule has 0 saturated carbocycles. The molecule has 1 fully saturated rings. The number of nitrogens with zero attached hydrogens (tertiary/aromatic N) is 2. The summed E-state index contributed by atoms with van der Waals surface area (Å²) in [5.74, 6) is 1.17. The summed E-state index contributed by atoms with van der Waals surface area (Å²) in [6.07, 6.45) is 3.36. The zero-order chi connectivity index (χ0) is 22.2. The van der Waals surface area contributed by atoms with Crippen LogP contribution in [0.2, 0.25) is 0 Å². The lowest BCUT2D eigenvalue weighted by molar-refractivity contribution is -0.111. The Bertz CT molecular complexity index is 903. The molecule has 0 atom stereocenters. The van der Waals surface area contributed by atoms with Crippen LogP contribution < -0.4 is 14.8 Å². The van der Waals surface area contributed by atoms with E-state index < -0.39 is 0 Å². The van der Waals surface area contributed by atoms with Crippen LogP contribution >= 0.6 is 0 Å². The van der Waals surface area contributed by atoms with E-state index in [0.29, 0.717) is 11.5 Å². The molecule has 0 unspecified atom stereocenters. The van der Waals surface area contributed by atoms with Gasteiger partial charge in [0.15, 0.2) is 11.5 Å². The Morgan fingerprint density at radius 1 is 1.10 bits per heavy atom. The van der Waals surface area contributed by atoms with Crippen molar-refractivity contribution in [3.63, 3.8) is 0 Å².